The molecule has 0 radical (unpaired) electrons. The lowest BCUT2D eigenvalue weighted by Gasteiger charge is -2.21. The van der Waals surface area contributed by atoms with Crippen LogP contribution in [0.3, 0.4) is 0 Å². The highest BCUT2D eigenvalue weighted by molar-refractivity contribution is 9.10. The van der Waals surface area contributed by atoms with Gasteiger partial charge in [-0.1, -0.05) is 48.8 Å². The predicted octanol–water partition coefficient (Wildman–Crippen LogP) is 5.50. The van der Waals surface area contributed by atoms with E-state index < -0.39 is 17.1 Å². The number of carbonyl (C=O) groups excluding carboxylic acids is 1. The molecule has 0 bridgehead atoms. The van der Waals surface area contributed by atoms with Gasteiger partial charge >= 0.3 is 0 Å². The lowest BCUT2D eigenvalue weighted by molar-refractivity contribution is -0.118. The fraction of sp³-hybridized carbons (Fsp3) is 0.214. The third-order valence-electron chi connectivity index (χ3n) is 5.48. The number of amides is 1. The van der Waals surface area contributed by atoms with E-state index in [2.05, 4.69) is 26.3 Å². The van der Waals surface area contributed by atoms with Crippen LogP contribution in [0.1, 0.15) is 32.2 Å². The molecule has 0 unspecified atom stereocenters. The van der Waals surface area contributed by atoms with Gasteiger partial charge in [-0.15, -0.1) is 0 Å². The molecule has 0 spiro atoms. The zero-order valence-electron chi connectivity index (χ0n) is 21.3. The molecule has 3 aromatic carbocycles. The van der Waals surface area contributed by atoms with Gasteiger partial charge in [0.1, 0.15) is 11.6 Å². The number of fused-ring (bicyclic) bond motifs is 1. The van der Waals surface area contributed by atoms with E-state index in [0.29, 0.717) is 33.7 Å². The van der Waals surface area contributed by atoms with Crippen molar-refractivity contribution in [1.82, 2.24) is 9.66 Å². The Morgan fingerprint density at radius 1 is 1.16 bits per heavy atom. The van der Waals surface area contributed by atoms with Crippen molar-refractivity contribution < 1.29 is 18.7 Å². The molecule has 4 rings (SSSR count). The van der Waals surface area contributed by atoms with Crippen molar-refractivity contribution in [3.8, 4) is 11.5 Å². The van der Waals surface area contributed by atoms with Gasteiger partial charge in [0.2, 0.25) is 0 Å². The summed E-state index contributed by atoms with van der Waals surface area (Å²) in [6.45, 7) is 5.48. The smallest absolute Gasteiger partial charge is 0.282 e. The number of nitrogens with zero attached hydrogens (tertiary/aromatic N) is 3. The van der Waals surface area contributed by atoms with Gasteiger partial charge in [0.15, 0.2) is 18.1 Å². The van der Waals surface area contributed by atoms with Crippen molar-refractivity contribution in [3.63, 3.8) is 0 Å². The number of para-hydroxylation sites is 1. The van der Waals surface area contributed by atoms with Gasteiger partial charge in [0.25, 0.3) is 11.5 Å². The first kappa shape index (κ1) is 27.0. The molecule has 1 heterocycles. The first-order valence-electron chi connectivity index (χ1n) is 11.7. The van der Waals surface area contributed by atoms with Gasteiger partial charge in [-0.3, -0.25) is 9.59 Å². The van der Waals surface area contributed by atoms with Crippen LogP contribution in [-0.4, -0.2) is 35.5 Å². The average Bonchev–Trinajstić information content (AvgIpc) is 2.86. The van der Waals surface area contributed by atoms with Gasteiger partial charge in [-0.05, 0) is 48.5 Å². The highest BCUT2D eigenvalue weighted by atomic mass is 79.9. The second kappa shape index (κ2) is 11.1. The summed E-state index contributed by atoms with van der Waals surface area (Å²) in [6, 6.07) is 16.0. The number of benzene rings is 3. The number of anilines is 1. The summed E-state index contributed by atoms with van der Waals surface area (Å²) < 4.78 is 26.7. The monoisotopic (exact) mass is 580 g/mol. The predicted molar refractivity (Wildman–Crippen MR) is 149 cm³/mol. The fourth-order valence-electron chi connectivity index (χ4n) is 3.71. The maximum Gasteiger partial charge on any atom is 0.282 e. The van der Waals surface area contributed by atoms with Crippen molar-refractivity contribution in [2.75, 3.05) is 19.0 Å². The Morgan fingerprint density at radius 3 is 2.63 bits per heavy atom. The normalized spacial score (nSPS) is 11.6. The van der Waals surface area contributed by atoms with E-state index in [1.807, 2.05) is 26.8 Å². The Kier molecular flexibility index (Phi) is 7.91. The Morgan fingerprint density at radius 2 is 1.92 bits per heavy atom. The van der Waals surface area contributed by atoms with Crippen LogP contribution in [0, 0.1) is 5.82 Å². The average molecular weight is 581 g/mol. The molecule has 1 N–H and O–H groups in total. The molecule has 10 heteroatoms. The maximum atomic E-state index is 13.4. The largest absolute Gasteiger partial charge is 0.493 e. The number of hydrogen-bond acceptors (Lipinski definition) is 6. The highest BCUT2D eigenvalue weighted by Crippen LogP contribution is 2.30. The van der Waals surface area contributed by atoms with Crippen LogP contribution in [0.4, 0.5) is 10.1 Å². The third-order valence-corrected chi connectivity index (χ3v) is 5.97. The van der Waals surface area contributed by atoms with Crippen LogP contribution in [0.2, 0.25) is 0 Å². The quantitative estimate of drug-likeness (QED) is 0.291. The van der Waals surface area contributed by atoms with Crippen LogP contribution in [-0.2, 0) is 10.2 Å². The molecule has 8 nitrogen and oxygen atoms in total. The van der Waals surface area contributed by atoms with E-state index in [-0.39, 0.29) is 17.9 Å². The van der Waals surface area contributed by atoms with Crippen LogP contribution in [0.5, 0.6) is 11.5 Å². The number of rotatable bonds is 7. The van der Waals surface area contributed by atoms with E-state index in [1.54, 1.807) is 36.4 Å². The molecular formula is C28H26BrFN4O4. The fourth-order valence-corrected chi connectivity index (χ4v) is 4.07. The second-order valence-electron chi connectivity index (χ2n) is 9.43. The number of hydrogen-bond donors (Lipinski definition) is 1. The van der Waals surface area contributed by atoms with Crippen molar-refractivity contribution in [2.24, 2.45) is 5.10 Å². The number of carbonyl (C=O) groups is 1. The lowest BCUT2D eigenvalue weighted by atomic mass is 9.95. The molecule has 0 aliphatic rings. The molecule has 0 saturated carbocycles. The first-order chi connectivity index (χ1) is 18.1. The lowest BCUT2D eigenvalue weighted by Crippen LogP contribution is -2.29. The molecule has 0 atom stereocenters. The summed E-state index contributed by atoms with van der Waals surface area (Å²) in [6.07, 6.45) is 1.46. The molecule has 0 aliphatic carbocycles. The van der Waals surface area contributed by atoms with Gasteiger partial charge in [-0.2, -0.15) is 9.78 Å². The van der Waals surface area contributed by atoms with Crippen LogP contribution in [0.25, 0.3) is 10.9 Å². The van der Waals surface area contributed by atoms with Gasteiger partial charge in [0.05, 0.1) is 24.2 Å². The van der Waals surface area contributed by atoms with E-state index in [9.17, 15) is 14.0 Å². The number of ether oxygens (including phenoxy) is 2. The van der Waals surface area contributed by atoms with Crippen molar-refractivity contribution in [2.45, 2.75) is 26.2 Å². The summed E-state index contributed by atoms with van der Waals surface area (Å²) in [4.78, 5) is 30.6. The van der Waals surface area contributed by atoms with Gasteiger partial charge in [-0.25, -0.2) is 9.37 Å². The van der Waals surface area contributed by atoms with E-state index in [4.69, 9.17) is 14.5 Å². The van der Waals surface area contributed by atoms with Crippen LogP contribution >= 0.6 is 15.9 Å². The SMILES string of the molecule is COc1cccc(C=Nn2c(C(C)(C)C)nc3ccc(Br)cc3c2=O)c1OCC(=O)Nc1cccc(F)c1. The molecule has 0 fully saturated rings. The molecule has 0 saturated heterocycles. The molecule has 1 aromatic heterocycles. The molecular weight excluding hydrogens is 555 g/mol. The Bertz CT molecular complexity index is 1590. The number of halogens is 2. The van der Waals surface area contributed by atoms with Gasteiger partial charge in [0, 0.05) is 21.1 Å². The molecule has 196 valence electrons. The summed E-state index contributed by atoms with van der Waals surface area (Å²) in [5.41, 5.74) is 0.552. The van der Waals surface area contributed by atoms with Crippen molar-refractivity contribution >= 4 is 44.6 Å². The zero-order chi connectivity index (χ0) is 27.4. The minimum absolute atomic E-state index is 0.259. The number of methoxy groups -OCH3 is 1. The van der Waals surface area contributed by atoms with Gasteiger partial charge < -0.3 is 14.8 Å². The summed E-state index contributed by atoms with van der Waals surface area (Å²) >= 11 is 3.41. The van der Waals surface area contributed by atoms with E-state index in [0.717, 1.165) is 4.47 Å². The molecule has 4 aromatic rings. The van der Waals surface area contributed by atoms with Crippen LogP contribution < -0.4 is 20.3 Å². The van der Waals surface area contributed by atoms with Crippen LogP contribution in [0.15, 0.2) is 75.0 Å². The number of nitrogens with one attached hydrogen (secondary N) is 1. The standard InChI is InChI=1S/C28H26BrFN4O4/c1-28(2,3)27-33-22-12-11-18(29)13-21(22)26(36)34(27)31-15-17-7-5-10-23(37-4)25(17)38-16-24(35)32-20-9-6-8-19(30)14-20/h5-15H,16H2,1-4H3,(H,32,35). The molecule has 1 amide bonds. The third kappa shape index (κ3) is 6.08. The summed E-state index contributed by atoms with van der Waals surface area (Å²) in [7, 11) is 1.48. The maximum absolute atomic E-state index is 13.4. The number of aromatic nitrogens is 2. The Labute approximate surface area is 227 Å². The van der Waals surface area contributed by atoms with E-state index >= 15 is 0 Å². The molecule has 38 heavy (non-hydrogen) atoms. The summed E-state index contributed by atoms with van der Waals surface area (Å²) in [5, 5.41) is 7.49. The summed E-state index contributed by atoms with van der Waals surface area (Å²) in [5.74, 6) is 0.159. The van der Waals surface area contributed by atoms with Crippen molar-refractivity contribution in [3.05, 3.63) is 92.7 Å². The minimum atomic E-state index is -0.486. The Hall–Kier alpha value is -4.05. The molecule has 0 aliphatic heterocycles. The minimum Gasteiger partial charge on any atom is -0.493 e. The topological polar surface area (TPSA) is 94.8 Å². The first-order valence-corrected chi connectivity index (χ1v) is 12.5. The zero-order valence-corrected chi connectivity index (χ0v) is 22.9. The highest BCUT2D eigenvalue weighted by Gasteiger charge is 2.23. The Balaban J connectivity index is 1.68. The van der Waals surface area contributed by atoms with E-state index in [1.165, 1.54) is 36.2 Å². The van der Waals surface area contributed by atoms with Crippen molar-refractivity contribution in [1.29, 1.82) is 0 Å². The second-order valence-corrected chi connectivity index (χ2v) is 10.3.